The molecule has 0 bridgehead atoms. The number of fused-ring (bicyclic) bond motifs is 1. The highest BCUT2D eigenvalue weighted by Gasteiger charge is 2.10. The maximum absolute atomic E-state index is 12.0. The van der Waals surface area contributed by atoms with Gasteiger partial charge in [-0.2, -0.15) is 4.98 Å². The number of hydrogen-bond donors (Lipinski definition) is 1. The monoisotopic (exact) mass is 369 g/mol. The second-order valence-corrected chi connectivity index (χ2v) is 7.06. The summed E-state index contributed by atoms with van der Waals surface area (Å²) in [5.41, 5.74) is 2.15. The Labute approximate surface area is 159 Å². The number of amides is 1. The van der Waals surface area contributed by atoms with E-state index in [2.05, 4.69) is 31.1 Å². The lowest BCUT2D eigenvalue weighted by Crippen LogP contribution is -2.25. The quantitative estimate of drug-likeness (QED) is 0.584. The highest BCUT2D eigenvalue weighted by molar-refractivity contribution is 5.76. The topological polar surface area (TPSA) is 85.8 Å². The fraction of sp³-hybridized carbons (Fsp3) is 0.500. The molecule has 3 rings (SSSR count). The van der Waals surface area contributed by atoms with E-state index in [1.807, 2.05) is 39.0 Å². The van der Waals surface area contributed by atoms with Gasteiger partial charge in [-0.3, -0.25) is 4.79 Å². The van der Waals surface area contributed by atoms with Crippen molar-refractivity contribution in [3.8, 4) is 0 Å². The molecule has 0 unspecified atom stereocenters. The maximum atomic E-state index is 12.0. The molecule has 144 valence electrons. The van der Waals surface area contributed by atoms with Crippen molar-refractivity contribution in [1.82, 2.24) is 25.0 Å². The number of rotatable bonds is 9. The number of aromatic nitrogens is 4. The van der Waals surface area contributed by atoms with Gasteiger partial charge < -0.3 is 14.4 Å². The summed E-state index contributed by atoms with van der Waals surface area (Å²) in [4.78, 5) is 20.9. The lowest BCUT2D eigenvalue weighted by molar-refractivity contribution is -0.121. The van der Waals surface area contributed by atoms with Crippen LogP contribution in [0.1, 0.15) is 56.6 Å². The van der Waals surface area contributed by atoms with Crippen molar-refractivity contribution in [1.29, 1.82) is 0 Å². The molecule has 0 aliphatic heterocycles. The largest absolute Gasteiger partial charge is 0.356 e. The van der Waals surface area contributed by atoms with Crippen molar-refractivity contribution in [2.75, 3.05) is 6.54 Å². The lowest BCUT2D eigenvalue weighted by atomic mass is 10.2. The first kappa shape index (κ1) is 19.1. The number of nitrogens with one attached hydrogen (secondary N) is 1. The van der Waals surface area contributed by atoms with E-state index in [0.29, 0.717) is 31.7 Å². The van der Waals surface area contributed by atoms with Gasteiger partial charge in [-0.25, -0.2) is 4.98 Å². The van der Waals surface area contributed by atoms with Crippen LogP contribution in [0.5, 0.6) is 0 Å². The lowest BCUT2D eigenvalue weighted by Gasteiger charge is -2.08. The minimum atomic E-state index is 0.0609. The molecule has 0 saturated carbocycles. The number of imidazole rings is 1. The Morgan fingerprint density at radius 2 is 2.04 bits per heavy atom. The van der Waals surface area contributed by atoms with Crippen LogP contribution in [-0.2, 0) is 17.8 Å². The van der Waals surface area contributed by atoms with E-state index < -0.39 is 0 Å². The number of para-hydroxylation sites is 2. The van der Waals surface area contributed by atoms with E-state index in [9.17, 15) is 4.79 Å². The average Bonchev–Trinajstić information content (AvgIpc) is 3.23. The molecule has 0 radical (unpaired) electrons. The first-order valence-corrected chi connectivity index (χ1v) is 9.55. The van der Waals surface area contributed by atoms with Crippen LogP contribution < -0.4 is 5.32 Å². The van der Waals surface area contributed by atoms with Gasteiger partial charge in [-0.05, 0) is 31.9 Å². The summed E-state index contributed by atoms with van der Waals surface area (Å²) in [6.07, 6.45) is 2.67. The van der Waals surface area contributed by atoms with Crippen LogP contribution in [0.4, 0.5) is 0 Å². The summed E-state index contributed by atoms with van der Waals surface area (Å²) in [6, 6.07) is 8.12. The number of nitrogens with zero attached hydrogens (tertiary/aromatic N) is 4. The predicted molar refractivity (Wildman–Crippen MR) is 103 cm³/mol. The van der Waals surface area contributed by atoms with Crippen LogP contribution in [0, 0.1) is 6.92 Å². The summed E-state index contributed by atoms with van der Waals surface area (Å²) < 4.78 is 7.39. The van der Waals surface area contributed by atoms with Gasteiger partial charge in [0.1, 0.15) is 5.82 Å². The van der Waals surface area contributed by atoms with Gasteiger partial charge in [0, 0.05) is 31.8 Å². The Kier molecular flexibility index (Phi) is 6.21. The van der Waals surface area contributed by atoms with Crippen LogP contribution in [0.15, 0.2) is 28.8 Å². The second-order valence-electron chi connectivity index (χ2n) is 7.06. The third kappa shape index (κ3) is 4.93. The fourth-order valence-corrected chi connectivity index (χ4v) is 3.04. The molecular weight excluding hydrogens is 342 g/mol. The molecule has 2 heterocycles. The van der Waals surface area contributed by atoms with Crippen LogP contribution in [0.2, 0.25) is 0 Å². The summed E-state index contributed by atoms with van der Waals surface area (Å²) >= 11 is 0. The molecule has 0 saturated heterocycles. The van der Waals surface area contributed by atoms with Crippen molar-refractivity contribution in [3.63, 3.8) is 0 Å². The number of benzene rings is 1. The Morgan fingerprint density at radius 1 is 1.22 bits per heavy atom. The molecule has 7 heteroatoms. The molecule has 0 atom stereocenters. The van der Waals surface area contributed by atoms with Gasteiger partial charge in [0.05, 0.1) is 11.0 Å². The third-order valence-electron chi connectivity index (χ3n) is 4.52. The van der Waals surface area contributed by atoms with Crippen LogP contribution in [0.3, 0.4) is 0 Å². The zero-order chi connectivity index (χ0) is 19.2. The van der Waals surface area contributed by atoms with Gasteiger partial charge in [0.2, 0.25) is 11.8 Å². The molecule has 3 aromatic rings. The van der Waals surface area contributed by atoms with Crippen molar-refractivity contribution < 1.29 is 9.32 Å². The second kappa shape index (κ2) is 8.79. The normalized spacial score (nSPS) is 11.4. The number of aryl methyl sites for hydroxylation is 3. The Morgan fingerprint density at radius 3 is 2.81 bits per heavy atom. The SMILES string of the molecule is Cc1nc2ccccc2n1CCCNC(=O)CCCc1nc(C(C)C)no1. The van der Waals surface area contributed by atoms with Crippen molar-refractivity contribution in [3.05, 3.63) is 41.8 Å². The molecule has 7 nitrogen and oxygen atoms in total. The molecule has 1 aromatic carbocycles. The molecule has 0 aliphatic rings. The van der Waals surface area contributed by atoms with E-state index in [-0.39, 0.29) is 11.8 Å². The van der Waals surface area contributed by atoms with Gasteiger partial charge in [-0.1, -0.05) is 31.1 Å². The fourth-order valence-electron chi connectivity index (χ4n) is 3.04. The van der Waals surface area contributed by atoms with E-state index >= 15 is 0 Å². The zero-order valence-electron chi connectivity index (χ0n) is 16.2. The van der Waals surface area contributed by atoms with Crippen LogP contribution in [0.25, 0.3) is 11.0 Å². The predicted octanol–water partition coefficient (Wildman–Crippen LogP) is 3.38. The molecule has 1 amide bonds. The van der Waals surface area contributed by atoms with Crippen molar-refractivity contribution >= 4 is 16.9 Å². The summed E-state index contributed by atoms with van der Waals surface area (Å²) in [7, 11) is 0. The molecule has 2 aromatic heterocycles. The Balaban J connectivity index is 1.36. The minimum Gasteiger partial charge on any atom is -0.356 e. The van der Waals surface area contributed by atoms with Crippen LogP contribution in [-0.4, -0.2) is 32.1 Å². The van der Waals surface area contributed by atoms with Gasteiger partial charge in [-0.15, -0.1) is 0 Å². The van der Waals surface area contributed by atoms with Gasteiger partial charge in [0.15, 0.2) is 5.82 Å². The van der Waals surface area contributed by atoms with E-state index in [1.54, 1.807) is 0 Å². The highest BCUT2D eigenvalue weighted by atomic mass is 16.5. The van der Waals surface area contributed by atoms with E-state index in [1.165, 1.54) is 0 Å². The number of hydrogen-bond acceptors (Lipinski definition) is 5. The average molecular weight is 369 g/mol. The summed E-state index contributed by atoms with van der Waals surface area (Å²) in [6.45, 7) is 7.56. The summed E-state index contributed by atoms with van der Waals surface area (Å²) in [5.74, 6) is 2.64. The van der Waals surface area contributed by atoms with Gasteiger partial charge in [0.25, 0.3) is 0 Å². The van der Waals surface area contributed by atoms with Gasteiger partial charge >= 0.3 is 0 Å². The third-order valence-corrected chi connectivity index (χ3v) is 4.52. The smallest absolute Gasteiger partial charge is 0.226 e. The van der Waals surface area contributed by atoms with Crippen molar-refractivity contribution in [2.45, 2.75) is 58.9 Å². The zero-order valence-corrected chi connectivity index (χ0v) is 16.2. The number of carbonyl (C=O) groups is 1. The molecule has 1 N–H and O–H groups in total. The highest BCUT2D eigenvalue weighted by Crippen LogP contribution is 2.15. The maximum Gasteiger partial charge on any atom is 0.226 e. The van der Waals surface area contributed by atoms with E-state index in [4.69, 9.17) is 4.52 Å². The standard InChI is InChI=1S/C20H27N5O2/c1-14(2)20-23-19(27-24-20)11-6-10-18(26)21-12-7-13-25-15(3)22-16-8-4-5-9-17(16)25/h4-5,8-9,14H,6-7,10-13H2,1-3H3,(H,21,26). The first-order chi connectivity index (χ1) is 13.0. The minimum absolute atomic E-state index is 0.0609. The molecule has 27 heavy (non-hydrogen) atoms. The van der Waals surface area contributed by atoms with E-state index in [0.717, 1.165) is 35.6 Å². The van der Waals surface area contributed by atoms with Crippen LogP contribution >= 0.6 is 0 Å². The number of carbonyl (C=O) groups excluding carboxylic acids is 1. The molecular formula is C20H27N5O2. The Bertz CT molecular complexity index is 897. The molecule has 0 aliphatic carbocycles. The molecule has 0 spiro atoms. The summed E-state index contributed by atoms with van der Waals surface area (Å²) in [5, 5.41) is 6.92. The first-order valence-electron chi connectivity index (χ1n) is 9.55. The Hall–Kier alpha value is -2.70. The van der Waals surface area contributed by atoms with Crippen molar-refractivity contribution in [2.24, 2.45) is 0 Å². The molecule has 0 fully saturated rings.